The molecule has 3 N–H and O–H groups in total. The van der Waals surface area contributed by atoms with Gasteiger partial charge >= 0.3 is 5.97 Å². The molecule has 6 nitrogen and oxygen atoms in total. The summed E-state index contributed by atoms with van der Waals surface area (Å²) in [6, 6.07) is 6.44. The molecule has 0 fully saturated rings. The predicted octanol–water partition coefficient (Wildman–Crippen LogP) is 1.18. The Labute approximate surface area is 127 Å². The first kappa shape index (κ1) is 15.5. The van der Waals surface area contributed by atoms with Crippen LogP contribution in [-0.2, 0) is 9.59 Å². The predicted molar refractivity (Wildman–Crippen MR) is 81.9 cm³/mol. The Balaban J connectivity index is 1.96. The highest BCUT2D eigenvalue weighted by molar-refractivity contribution is 7.98. The Morgan fingerprint density at radius 2 is 2.29 bits per heavy atom. The van der Waals surface area contributed by atoms with Gasteiger partial charge in [-0.3, -0.25) is 4.79 Å². The summed E-state index contributed by atoms with van der Waals surface area (Å²) in [5.41, 5.74) is 0.832. The summed E-state index contributed by atoms with van der Waals surface area (Å²) in [5, 5.41) is 14.8. The van der Waals surface area contributed by atoms with Crippen LogP contribution >= 0.6 is 11.8 Å². The van der Waals surface area contributed by atoms with Crippen molar-refractivity contribution >= 4 is 29.3 Å². The van der Waals surface area contributed by atoms with Gasteiger partial charge in [-0.25, -0.2) is 4.79 Å². The summed E-state index contributed by atoms with van der Waals surface area (Å²) in [5.74, 6) is -0.170. The van der Waals surface area contributed by atoms with Gasteiger partial charge in [0, 0.05) is 0 Å². The van der Waals surface area contributed by atoms with Gasteiger partial charge in [0.2, 0.25) is 0 Å². The van der Waals surface area contributed by atoms with E-state index in [1.807, 2.05) is 24.5 Å². The molecule has 0 radical (unpaired) electrons. The van der Waals surface area contributed by atoms with E-state index in [9.17, 15) is 9.59 Å². The Morgan fingerprint density at radius 3 is 3.00 bits per heavy atom. The van der Waals surface area contributed by atoms with E-state index >= 15 is 0 Å². The zero-order chi connectivity index (χ0) is 15.2. The quantitative estimate of drug-likeness (QED) is 0.731. The summed E-state index contributed by atoms with van der Waals surface area (Å²) >= 11 is 1.54. The van der Waals surface area contributed by atoms with Crippen LogP contribution < -0.4 is 15.4 Å². The van der Waals surface area contributed by atoms with Gasteiger partial charge < -0.3 is 20.5 Å². The van der Waals surface area contributed by atoms with Crippen molar-refractivity contribution in [2.75, 3.05) is 23.9 Å². The Kier molecular flexibility index (Phi) is 5.32. The molecule has 1 amide bonds. The molecule has 1 aliphatic rings. The minimum absolute atomic E-state index is 0.317. The van der Waals surface area contributed by atoms with Gasteiger partial charge in [0.15, 0.2) is 6.10 Å². The number of carbonyl (C=O) groups is 2. The molecule has 0 saturated heterocycles. The summed E-state index contributed by atoms with van der Waals surface area (Å²) < 4.78 is 5.61. The molecule has 1 aromatic carbocycles. The lowest BCUT2D eigenvalue weighted by molar-refractivity contribution is -0.143. The van der Waals surface area contributed by atoms with Crippen LogP contribution in [0.25, 0.3) is 0 Å². The van der Waals surface area contributed by atoms with Crippen LogP contribution in [0.3, 0.4) is 0 Å². The lowest BCUT2D eigenvalue weighted by Crippen LogP contribution is -2.50. The minimum Gasteiger partial charge on any atom is -0.480 e. The number of rotatable bonds is 6. The molecule has 21 heavy (non-hydrogen) atoms. The minimum atomic E-state index is -1.03. The molecule has 2 rings (SSSR count). The second kappa shape index (κ2) is 7.21. The summed E-state index contributed by atoms with van der Waals surface area (Å²) in [6.07, 6.45) is 1.56. The van der Waals surface area contributed by atoms with Crippen LogP contribution in [0.5, 0.6) is 5.75 Å². The van der Waals surface area contributed by atoms with Crippen LogP contribution in [-0.4, -0.2) is 47.7 Å². The fourth-order valence-corrected chi connectivity index (χ4v) is 2.49. The third-order valence-corrected chi connectivity index (χ3v) is 3.80. The van der Waals surface area contributed by atoms with Crippen molar-refractivity contribution < 1.29 is 19.4 Å². The van der Waals surface area contributed by atoms with Gasteiger partial charge in [-0.15, -0.1) is 0 Å². The molecule has 7 heteroatoms. The molecule has 0 aliphatic carbocycles. The number of hydrogen-bond acceptors (Lipinski definition) is 5. The largest absolute Gasteiger partial charge is 0.480 e. The molecule has 1 heterocycles. The van der Waals surface area contributed by atoms with Crippen LogP contribution in [0, 0.1) is 0 Å². The Hall–Kier alpha value is -1.89. The zero-order valence-electron chi connectivity index (χ0n) is 11.7. The highest BCUT2D eigenvalue weighted by atomic mass is 32.2. The maximum atomic E-state index is 12.1. The summed E-state index contributed by atoms with van der Waals surface area (Å²) in [4.78, 5) is 23.3. The fraction of sp³-hybridized carbons (Fsp3) is 0.429. The summed E-state index contributed by atoms with van der Waals surface area (Å²) in [6.45, 7) is 0.317. The van der Waals surface area contributed by atoms with E-state index in [2.05, 4.69) is 10.6 Å². The third kappa shape index (κ3) is 4.04. The third-order valence-electron chi connectivity index (χ3n) is 3.15. The molecule has 0 spiro atoms. The Morgan fingerprint density at radius 1 is 1.52 bits per heavy atom. The van der Waals surface area contributed by atoms with Crippen LogP contribution in [0.15, 0.2) is 24.3 Å². The number of aliphatic carboxylic acids is 1. The molecule has 0 aromatic heterocycles. The highest BCUT2D eigenvalue weighted by Gasteiger charge is 2.29. The molecule has 0 saturated carbocycles. The van der Waals surface area contributed by atoms with Crippen molar-refractivity contribution in [3.63, 3.8) is 0 Å². The zero-order valence-corrected chi connectivity index (χ0v) is 12.5. The Bertz CT molecular complexity index is 523. The van der Waals surface area contributed by atoms with E-state index in [1.54, 1.807) is 17.8 Å². The van der Waals surface area contributed by atoms with Gasteiger partial charge in [-0.05, 0) is 30.6 Å². The second-order valence-electron chi connectivity index (χ2n) is 4.66. The molecular weight excluding hydrogens is 292 g/mol. The maximum Gasteiger partial charge on any atom is 0.326 e. The SMILES string of the molecule is CSCC[C@@H](NC(=O)C1CNc2ccccc2O1)C(=O)O. The number of hydrogen-bond donors (Lipinski definition) is 3. The topological polar surface area (TPSA) is 87.7 Å². The normalized spacial score (nSPS) is 17.9. The number of carboxylic acids is 1. The average molecular weight is 310 g/mol. The number of para-hydroxylation sites is 2. The number of nitrogens with one attached hydrogen (secondary N) is 2. The first-order valence-corrected chi connectivity index (χ1v) is 8.03. The second-order valence-corrected chi connectivity index (χ2v) is 5.65. The molecular formula is C14H18N2O4S. The molecule has 1 unspecified atom stereocenters. The lowest BCUT2D eigenvalue weighted by atomic mass is 10.2. The van der Waals surface area contributed by atoms with E-state index in [0.717, 1.165) is 5.69 Å². The number of amides is 1. The smallest absolute Gasteiger partial charge is 0.326 e. The van der Waals surface area contributed by atoms with Gasteiger partial charge in [-0.2, -0.15) is 11.8 Å². The number of benzene rings is 1. The van der Waals surface area contributed by atoms with Crippen molar-refractivity contribution in [1.82, 2.24) is 5.32 Å². The first-order chi connectivity index (χ1) is 10.1. The van der Waals surface area contributed by atoms with E-state index in [0.29, 0.717) is 24.5 Å². The monoisotopic (exact) mass is 310 g/mol. The van der Waals surface area contributed by atoms with Gasteiger partial charge in [0.05, 0.1) is 12.2 Å². The fourth-order valence-electron chi connectivity index (χ4n) is 2.02. The number of carbonyl (C=O) groups excluding carboxylic acids is 1. The number of fused-ring (bicyclic) bond motifs is 1. The number of anilines is 1. The van der Waals surface area contributed by atoms with E-state index in [1.165, 1.54) is 0 Å². The number of carboxylic acid groups (broad SMARTS) is 1. The van der Waals surface area contributed by atoms with Gasteiger partial charge in [0.1, 0.15) is 11.8 Å². The first-order valence-electron chi connectivity index (χ1n) is 6.63. The molecule has 1 aliphatic heterocycles. The highest BCUT2D eigenvalue weighted by Crippen LogP contribution is 2.28. The molecule has 114 valence electrons. The van der Waals surface area contributed by atoms with Crippen molar-refractivity contribution in [3.8, 4) is 5.75 Å². The molecule has 1 aromatic rings. The van der Waals surface area contributed by atoms with Gasteiger partial charge in [0.25, 0.3) is 5.91 Å². The molecule has 2 atom stereocenters. The lowest BCUT2D eigenvalue weighted by Gasteiger charge is -2.27. The van der Waals surface area contributed by atoms with E-state index in [4.69, 9.17) is 9.84 Å². The van der Waals surface area contributed by atoms with Gasteiger partial charge in [-0.1, -0.05) is 12.1 Å². The number of thioether (sulfide) groups is 1. The van der Waals surface area contributed by atoms with Crippen molar-refractivity contribution in [2.45, 2.75) is 18.6 Å². The van der Waals surface area contributed by atoms with Crippen LogP contribution in [0.1, 0.15) is 6.42 Å². The average Bonchev–Trinajstić information content (AvgIpc) is 2.50. The van der Waals surface area contributed by atoms with Crippen molar-refractivity contribution in [1.29, 1.82) is 0 Å². The standard InChI is InChI=1S/C14H18N2O4S/c1-21-7-6-10(14(18)19)16-13(17)12-8-15-9-4-2-3-5-11(9)20-12/h2-5,10,12,15H,6-8H2,1H3,(H,16,17)(H,18,19)/t10-,12?/m1/s1. The van der Waals surface area contributed by atoms with Crippen LogP contribution in [0.2, 0.25) is 0 Å². The van der Waals surface area contributed by atoms with Crippen molar-refractivity contribution in [3.05, 3.63) is 24.3 Å². The van der Waals surface area contributed by atoms with E-state index < -0.39 is 24.0 Å². The maximum absolute atomic E-state index is 12.1. The summed E-state index contributed by atoms with van der Waals surface area (Å²) in [7, 11) is 0. The molecule has 0 bridgehead atoms. The van der Waals surface area contributed by atoms with Crippen LogP contribution in [0.4, 0.5) is 5.69 Å². The van der Waals surface area contributed by atoms with E-state index in [-0.39, 0.29) is 0 Å². The number of ether oxygens (including phenoxy) is 1. The van der Waals surface area contributed by atoms with Crippen molar-refractivity contribution in [2.24, 2.45) is 0 Å².